The summed E-state index contributed by atoms with van der Waals surface area (Å²) in [6, 6.07) is 9.65. The van der Waals surface area contributed by atoms with Crippen molar-refractivity contribution >= 4 is 17.5 Å². The molecule has 2 aromatic rings. The summed E-state index contributed by atoms with van der Waals surface area (Å²) in [6.45, 7) is 5.05. The highest BCUT2D eigenvalue weighted by molar-refractivity contribution is 5.57. The monoisotopic (exact) mass is 286 g/mol. The fourth-order valence-corrected chi connectivity index (χ4v) is 1.94. The van der Waals surface area contributed by atoms with E-state index in [9.17, 15) is 0 Å². The number of aromatic nitrogens is 2. The molecule has 1 heterocycles. The lowest BCUT2D eigenvalue weighted by Crippen LogP contribution is -2.06. The van der Waals surface area contributed by atoms with Gasteiger partial charge in [-0.1, -0.05) is 19.4 Å². The van der Waals surface area contributed by atoms with Gasteiger partial charge in [-0.25, -0.2) is 4.98 Å². The molecule has 0 bridgehead atoms. The van der Waals surface area contributed by atoms with Crippen LogP contribution in [0.2, 0.25) is 0 Å². The fraction of sp³-hybridized carbons (Fsp3) is 0.375. The number of aryl methyl sites for hydroxylation is 1. The minimum atomic E-state index is 0.585. The van der Waals surface area contributed by atoms with Gasteiger partial charge in [-0.2, -0.15) is 4.98 Å². The van der Waals surface area contributed by atoms with E-state index in [1.54, 1.807) is 7.11 Å². The topological polar surface area (TPSA) is 59.1 Å². The van der Waals surface area contributed by atoms with Crippen LogP contribution in [-0.2, 0) is 0 Å². The lowest BCUT2D eigenvalue weighted by Gasteiger charge is -2.10. The SMILES string of the molecule is CCCCNc1cc(C)nc(Nc2cccc(OC)c2)n1. The Kier molecular flexibility index (Phi) is 5.37. The molecule has 1 aromatic carbocycles. The van der Waals surface area contributed by atoms with Crippen LogP contribution < -0.4 is 15.4 Å². The molecule has 112 valence electrons. The van der Waals surface area contributed by atoms with Crippen LogP contribution in [0.25, 0.3) is 0 Å². The number of benzene rings is 1. The Morgan fingerprint density at radius 3 is 2.81 bits per heavy atom. The second-order valence-electron chi connectivity index (χ2n) is 4.86. The summed E-state index contributed by atoms with van der Waals surface area (Å²) in [5, 5.41) is 6.53. The molecule has 0 unspecified atom stereocenters. The summed E-state index contributed by atoms with van der Waals surface area (Å²) in [5.74, 6) is 2.23. The molecule has 0 spiro atoms. The van der Waals surface area contributed by atoms with E-state index in [0.29, 0.717) is 5.95 Å². The van der Waals surface area contributed by atoms with Gasteiger partial charge in [0.2, 0.25) is 5.95 Å². The number of nitrogens with one attached hydrogen (secondary N) is 2. The minimum absolute atomic E-state index is 0.585. The largest absolute Gasteiger partial charge is 0.497 e. The third-order valence-corrected chi connectivity index (χ3v) is 3.02. The smallest absolute Gasteiger partial charge is 0.229 e. The molecule has 0 atom stereocenters. The summed E-state index contributed by atoms with van der Waals surface area (Å²) in [4.78, 5) is 8.89. The van der Waals surface area contributed by atoms with Gasteiger partial charge in [0.15, 0.2) is 0 Å². The van der Waals surface area contributed by atoms with Crippen LogP contribution >= 0.6 is 0 Å². The molecule has 0 saturated carbocycles. The van der Waals surface area contributed by atoms with Gasteiger partial charge in [0.1, 0.15) is 11.6 Å². The standard InChI is InChI=1S/C16H22N4O/c1-4-5-9-17-15-10-12(2)18-16(20-15)19-13-7-6-8-14(11-13)21-3/h6-8,10-11H,4-5,9H2,1-3H3,(H2,17,18,19,20). The Morgan fingerprint density at radius 1 is 1.19 bits per heavy atom. The zero-order valence-electron chi connectivity index (χ0n) is 12.8. The number of methoxy groups -OCH3 is 1. The lowest BCUT2D eigenvalue weighted by molar-refractivity contribution is 0.415. The highest BCUT2D eigenvalue weighted by Gasteiger charge is 2.03. The fourth-order valence-electron chi connectivity index (χ4n) is 1.94. The molecule has 0 aliphatic rings. The molecule has 0 aliphatic heterocycles. The number of hydrogen-bond acceptors (Lipinski definition) is 5. The normalized spacial score (nSPS) is 10.2. The molecule has 5 nitrogen and oxygen atoms in total. The highest BCUT2D eigenvalue weighted by atomic mass is 16.5. The molecule has 0 radical (unpaired) electrons. The van der Waals surface area contributed by atoms with Crippen molar-refractivity contribution in [3.05, 3.63) is 36.0 Å². The number of unbranched alkanes of at least 4 members (excludes halogenated alkanes) is 1. The summed E-state index contributed by atoms with van der Waals surface area (Å²) in [7, 11) is 1.65. The van der Waals surface area contributed by atoms with Crippen LogP contribution in [0.4, 0.5) is 17.5 Å². The van der Waals surface area contributed by atoms with Gasteiger partial charge in [-0.15, -0.1) is 0 Å². The van der Waals surface area contributed by atoms with Gasteiger partial charge in [0, 0.05) is 30.1 Å². The zero-order valence-corrected chi connectivity index (χ0v) is 12.8. The van der Waals surface area contributed by atoms with Crippen molar-refractivity contribution < 1.29 is 4.74 Å². The Hall–Kier alpha value is -2.30. The number of nitrogens with zero attached hydrogens (tertiary/aromatic N) is 2. The van der Waals surface area contributed by atoms with Crippen molar-refractivity contribution in [1.29, 1.82) is 0 Å². The van der Waals surface area contributed by atoms with Crippen LogP contribution in [0.3, 0.4) is 0 Å². The van der Waals surface area contributed by atoms with Crippen LogP contribution in [0.5, 0.6) is 5.75 Å². The number of ether oxygens (including phenoxy) is 1. The average molecular weight is 286 g/mol. The molecule has 21 heavy (non-hydrogen) atoms. The minimum Gasteiger partial charge on any atom is -0.497 e. The predicted octanol–water partition coefficient (Wildman–Crippen LogP) is 3.75. The molecule has 0 fully saturated rings. The molecule has 0 aliphatic carbocycles. The van der Waals surface area contributed by atoms with Crippen molar-refractivity contribution in [3.8, 4) is 5.75 Å². The molecule has 5 heteroatoms. The average Bonchev–Trinajstić information content (AvgIpc) is 2.47. The quantitative estimate of drug-likeness (QED) is 0.759. The van der Waals surface area contributed by atoms with E-state index in [0.717, 1.165) is 42.3 Å². The Balaban J connectivity index is 2.11. The number of hydrogen-bond donors (Lipinski definition) is 2. The van der Waals surface area contributed by atoms with Gasteiger partial charge in [0.25, 0.3) is 0 Å². The van der Waals surface area contributed by atoms with Crippen molar-refractivity contribution in [3.63, 3.8) is 0 Å². The Bertz CT molecular complexity index is 586. The molecular formula is C16H22N4O. The van der Waals surface area contributed by atoms with Crippen LogP contribution in [0.15, 0.2) is 30.3 Å². The van der Waals surface area contributed by atoms with Crippen molar-refractivity contribution in [2.24, 2.45) is 0 Å². The van der Waals surface area contributed by atoms with Crippen LogP contribution in [-0.4, -0.2) is 23.6 Å². The first kappa shape index (κ1) is 15.1. The van der Waals surface area contributed by atoms with Gasteiger partial charge in [-0.3, -0.25) is 0 Å². The van der Waals surface area contributed by atoms with Crippen LogP contribution in [0.1, 0.15) is 25.5 Å². The van der Waals surface area contributed by atoms with E-state index < -0.39 is 0 Å². The van der Waals surface area contributed by atoms with E-state index in [2.05, 4.69) is 27.5 Å². The van der Waals surface area contributed by atoms with E-state index in [4.69, 9.17) is 4.74 Å². The maximum atomic E-state index is 5.21. The Labute approximate surface area is 125 Å². The molecule has 0 amide bonds. The second-order valence-corrected chi connectivity index (χ2v) is 4.86. The third kappa shape index (κ3) is 4.63. The van der Waals surface area contributed by atoms with E-state index >= 15 is 0 Å². The van der Waals surface area contributed by atoms with Gasteiger partial charge in [-0.05, 0) is 25.5 Å². The van der Waals surface area contributed by atoms with Crippen LogP contribution in [0, 0.1) is 6.92 Å². The maximum Gasteiger partial charge on any atom is 0.229 e. The Morgan fingerprint density at radius 2 is 2.05 bits per heavy atom. The number of rotatable bonds is 7. The number of anilines is 3. The third-order valence-electron chi connectivity index (χ3n) is 3.02. The first-order valence-electron chi connectivity index (χ1n) is 7.22. The first-order chi connectivity index (χ1) is 10.2. The molecule has 1 aromatic heterocycles. The van der Waals surface area contributed by atoms with Gasteiger partial charge < -0.3 is 15.4 Å². The molecular weight excluding hydrogens is 264 g/mol. The molecule has 2 rings (SSSR count). The highest BCUT2D eigenvalue weighted by Crippen LogP contribution is 2.20. The van der Waals surface area contributed by atoms with Gasteiger partial charge in [0.05, 0.1) is 7.11 Å². The van der Waals surface area contributed by atoms with Crippen molar-refractivity contribution in [2.75, 3.05) is 24.3 Å². The first-order valence-corrected chi connectivity index (χ1v) is 7.22. The summed E-state index contributed by atoms with van der Waals surface area (Å²) in [6.07, 6.45) is 2.29. The predicted molar refractivity (Wildman–Crippen MR) is 86.4 cm³/mol. The lowest BCUT2D eigenvalue weighted by atomic mass is 10.3. The van der Waals surface area contributed by atoms with Crippen molar-refractivity contribution in [2.45, 2.75) is 26.7 Å². The van der Waals surface area contributed by atoms with Gasteiger partial charge >= 0.3 is 0 Å². The van der Waals surface area contributed by atoms with E-state index in [1.165, 1.54) is 0 Å². The van der Waals surface area contributed by atoms with Crippen molar-refractivity contribution in [1.82, 2.24) is 9.97 Å². The zero-order chi connectivity index (χ0) is 15.1. The summed E-state index contributed by atoms with van der Waals surface area (Å²) >= 11 is 0. The summed E-state index contributed by atoms with van der Waals surface area (Å²) in [5.41, 5.74) is 1.83. The second kappa shape index (κ2) is 7.47. The molecule has 2 N–H and O–H groups in total. The van der Waals surface area contributed by atoms with E-state index in [-0.39, 0.29) is 0 Å². The molecule has 0 saturated heterocycles. The van der Waals surface area contributed by atoms with E-state index in [1.807, 2.05) is 37.3 Å². The summed E-state index contributed by atoms with van der Waals surface area (Å²) < 4.78 is 5.21. The maximum absolute atomic E-state index is 5.21.